The Hall–Kier alpha value is -2.47. The van der Waals surface area contributed by atoms with Gasteiger partial charge in [0.15, 0.2) is 0 Å². The molecule has 2 N–H and O–H groups in total. The smallest absolute Gasteiger partial charge is 0.327 e. The maximum absolute atomic E-state index is 13.9. The predicted octanol–water partition coefficient (Wildman–Crippen LogP) is 2.72. The molecule has 2 amide bonds. The second kappa shape index (κ2) is 13.5. The molecule has 212 valence electrons. The van der Waals surface area contributed by atoms with E-state index in [9.17, 15) is 24.3 Å². The summed E-state index contributed by atoms with van der Waals surface area (Å²) in [6.07, 6.45) is 0.615. The zero-order valence-electron chi connectivity index (χ0n) is 22.1. The van der Waals surface area contributed by atoms with E-state index in [2.05, 4.69) is 10.2 Å². The van der Waals surface area contributed by atoms with E-state index in [0.29, 0.717) is 17.9 Å². The number of amides is 2. The van der Waals surface area contributed by atoms with Gasteiger partial charge in [-0.3, -0.25) is 19.3 Å². The lowest BCUT2D eigenvalue weighted by Crippen LogP contribution is -2.57. The highest BCUT2D eigenvalue weighted by atomic mass is 32.2. The maximum Gasteiger partial charge on any atom is 0.327 e. The van der Waals surface area contributed by atoms with E-state index in [1.165, 1.54) is 16.7 Å². The summed E-state index contributed by atoms with van der Waals surface area (Å²) in [6, 6.07) is 15.0. The molecule has 4 atom stereocenters. The fraction of sp³-hybridized carbons (Fsp3) is 0.448. The molecule has 0 bridgehead atoms. The second-order valence-electron chi connectivity index (χ2n) is 10.2. The number of hydrogen-bond donors (Lipinski definition) is 2. The van der Waals surface area contributed by atoms with Gasteiger partial charge < -0.3 is 15.3 Å². The highest BCUT2D eigenvalue weighted by Gasteiger charge is 2.45. The molecule has 0 saturated carbocycles. The van der Waals surface area contributed by atoms with Gasteiger partial charge in [-0.25, -0.2) is 4.79 Å². The summed E-state index contributed by atoms with van der Waals surface area (Å²) in [6.45, 7) is 1.98. The molecule has 2 fully saturated rings. The number of benzene rings is 2. The highest BCUT2D eigenvalue weighted by Crippen LogP contribution is 2.38. The van der Waals surface area contributed by atoms with E-state index in [1.54, 1.807) is 0 Å². The van der Waals surface area contributed by atoms with Crippen molar-refractivity contribution in [3.8, 4) is 0 Å². The van der Waals surface area contributed by atoms with Crippen LogP contribution in [-0.4, -0.2) is 97.8 Å². The molecule has 40 heavy (non-hydrogen) atoms. The minimum absolute atomic E-state index is 0.0698. The summed E-state index contributed by atoms with van der Waals surface area (Å²) < 4.78 is 0. The van der Waals surface area contributed by atoms with Crippen molar-refractivity contribution >= 4 is 58.2 Å². The number of hydrogen-bond acceptors (Lipinski definition) is 8. The SMILES string of the molecule is O=C(CN1CCSCC1)S[C@@H](Cc1ccccc1)C(=O)N[C@@H]1Cc2ccccc2[C@@H]2CSC[C@H](C(=O)O)N2C1=O. The van der Waals surface area contributed by atoms with Crippen molar-refractivity contribution in [3.05, 3.63) is 71.3 Å². The molecule has 3 aliphatic rings. The van der Waals surface area contributed by atoms with Crippen LogP contribution in [0.1, 0.15) is 22.7 Å². The van der Waals surface area contributed by atoms with E-state index in [-0.39, 0.29) is 35.9 Å². The molecule has 5 rings (SSSR count). The number of aliphatic carboxylic acids is 1. The van der Waals surface area contributed by atoms with Crippen molar-refractivity contribution in [1.29, 1.82) is 0 Å². The van der Waals surface area contributed by atoms with Gasteiger partial charge in [-0.2, -0.15) is 23.5 Å². The standard InChI is InChI=1S/C29H33N3O5S3/c33-26(16-31-10-12-38-13-11-31)40-25(14-19-6-2-1-3-7-19)27(34)30-22-15-20-8-4-5-9-21(20)23-17-39-18-24(29(36)37)32(23)28(22)35/h1-9,22-25H,10-18H2,(H,30,34)(H,36,37)/t22-,23+,24-,25+/m1/s1. The Kier molecular flexibility index (Phi) is 9.77. The lowest BCUT2D eigenvalue weighted by molar-refractivity contribution is -0.152. The van der Waals surface area contributed by atoms with Crippen LogP contribution < -0.4 is 5.32 Å². The third kappa shape index (κ3) is 6.87. The van der Waals surface area contributed by atoms with Crippen molar-refractivity contribution < 1.29 is 24.3 Å². The van der Waals surface area contributed by atoms with Gasteiger partial charge in [0.05, 0.1) is 17.8 Å². The van der Waals surface area contributed by atoms with E-state index >= 15 is 0 Å². The third-order valence-electron chi connectivity index (χ3n) is 7.50. The Balaban J connectivity index is 1.38. The van der Waals surface area contributed by atoms with Gasteiger partial charge in [-0.1, -0.05) is 66.4 Å². The molecule has 2 aromatic rings. The van der Waals surface area contributed by atoms with Crippen LogP contribution in [0.4, 0.5) is 0 Å². The molecular formula is C29H33N3O5S3. The number of carboxylic acids is 1. The Morgan fingerprint density at radius 3 is 2.48 bits per heavy atom. The first-order valence-electron chi connectivity index (χ1n) is 13.4. The number of carboxylic acid groups (broad SMARTS) is 1. The molecule has 3 aliphatic heterocycles. The van der Waals surface area contributed by atoms with Crippen LogP contribution in [0.25, 0.3) is 0 Å². The van der Waals surface area contributed by atoms with Crippen molar-refractivity contribution in [2.45, 2.75) is 36.2 Å². The van der Waals surface area contributed by atoms with Crippen LogP contribution in [0.2, 0.25) is 0 Å². The topological polar surface area (TPSA) is 107 Å². The zero-order chi connectivity index (χ0) is 28.1. The van der Waals surface area contributed by atoms with Gasteiger partial charge in [0, 0.05) is 42.5 Å². The molecule has 0 aromatic heterocycles. The van der Waals surface area contributed by atoms with Crippen molar-refractivity contribution in [3.63, 3.8) is 0 Å². The maximum atomic E-state index is 13.9. The molecule has 0 radical (unpaired) electrons. The summed E-state index contributed by atoms with van der Waals surface area (Å²) in [5.41, 5.74) is 2.77. The third-order valence-corrected chi connectivity index (χ3v) is 10.6. The first-order valence-corrected chi connectivity index (χ1v) is 16.6. The van der Waals surface area contributed by atoms with Gasteiger partial charge in [0.1, 0.15) is 12.1 Å². The summed E-state index contributed by atoms with van der Waals surface area (Å²) in [4.78, 5) is 56.6. The van der Waals surface area contributed by atoms with E-state index < -0.39 is 23.3 Å². The van der Waals surface area contributed by atoms with Gasteiger partial charge in [-0.15, -0.1) is 0 Å². The monoisotopic (exact) mass is 599 g/mol. The molecular weight excluding hydrogens is 567 g/mol. The Morgan fingerprint density at radius 1 is 1.00 bits per heavy atom. The molecule has 3 heterocycles. The number of carbonyl (C=O) groups is 4. The minimum Gasteiger partial charge on any atom is -0.480 e. The predicted molar refractivity (Wildman–Crippen MR) is 161 cm³/mol. The van der Waals surface area contributed by atoms with Crippen LogP contribution >= 0.6 is 35.3 Å². The van der Waals surface area contributed by atoms with E-state index in [4.69, 9.17) is 0 Å². The first kappa shape index (κ1) is 29.0. The number of thioether (sulfide) groups is 3. The number of nitrogens with zero attached hydrogens (tertiary/aromatic N) is 2. The molecule has 0 unspecified atom stereocenters. The van der Waals surface area contributed by atoms with E-state index in [0.717, 1.165) is 53.0 Å². The normalized spacial score (nSPS) is 23.9. The van der Waals surface area contributed by atoms with Gasteiger partial charge in [-0.05, 0) is 23.1 Å². The Morgan fingerprint density at radius 2 is 1.73 bits per heavy atom. The van der Waals surface area contributed by atoms with Crippen LogP contribution in [0.5, 0.6) is 0 Å². The van der Waals surface area contributed by atoms with Crippen LogP contribution in [0, 0.1) is 0 Å². The first-order chi connectivity index (χ1) is 19.4. The number of carbonyl (C=O) groups excluding carboxylic acids is 3. The second-order valence-corrected chi connectivity index (χ2v) is 13.7. The molecule has 11 heteroatoms. The molecule has 2 aromatic carbocycles. The zero-order valence-corrected chi connectivity index (χ0v) is 24.5. The molecule has 8 nitrogen and oxygen atoms in total. The highest BCUT2D eigenvalue weighted by molar-refractivity contribution is 8.14. The lowest BCUT2D eigenvalue weighted by atomic mass is 9.98. The van der Waals surface area contributed by atoms with Crippen molar-refractivity contribution in [1.82, 2.24) is 15.1 Å². The minimum atomic E-state index is -1.05. The number of fused-ring (bicyclic) bond motifs is 3. The molecule has 0 aliphatic carbocycles. The average molecular weight is 600 g/mol. The Bertz CT molecular complexity index is 1240. The summed E-state index contributed by atoms with van der Waals surface area (Å²) in [5.74, 6) is 1.06. The van der Waals surface area contributed by atoms with Crippen LogP contribution in [0.3, 0.4) is 0 Å². The van der Waals surface area contributed by atoms with Crippen LogP contribution in [-0.2, 0) is 32.0 Å². The van der Waals surface area contributed by atoms with Gasteiger partial charge in [0.25, 0.3) is 0 Å². The van der Waals surface area contributed by atoms with Crippen molar-refractivity contribution in [2.24, 2.45) is 0 Å². The fourth-order valence-corrected chi connectivity index (χ4v) is 8.70. The average Bonchev–Trinajstić information content (AvgIpc) is 3.08. The largest absolute Gasteiger partial charge is 0.480 e. The summed E-state index contributed by atoms with van der Waals surface area (Å²) in [7, 11) is 0. The van der Waals surface area contributed by atoms with Crippen LogP contribution in [0.15, 0.2) is 54.6 Å². The summed E-state index contributed by atoms with van der Waals surface area (Å²) in [5, 5.41) is 12.1. The summed E-state index contributed by atoms with van der Waals surface area (Å²) >= 11 is 4.43. The fourth-order valence-electron chi connectivity index (χ4n) is 5.47. The number of rotatable bonds is 8. The van der Waals surface area contributed by atoms with Gasteiger partial charge >= 0.3 is 5.97 Å². The quantitative estimate of drug-likeness (QED) is 0.474. The Labute approximate surface area is 247 Å². The lowest BCUT2D eigenvalue weighted by Gasteiger charge is -2.40. The van der Waals surface area contributed by atoms with Crippen molar-refractivity contribution in [2.75, 3.05) is 42.6 Å². The van der Waals surface area contributed by atoms with Gasteiger partial charge in [0.2, 0.25) is 16.9 Å². The molecule has 2 saturated heterocycles. The number of nitrogens with one attached hydrogen (secondary N) is 1. The molecule has 0 spiro atoms. The van der Waals surface area contributed by atoms with E-state index in [1.807, 2.05) is 66.4 Å².